The van der Waals surface area contributed by atoms with Crippen molar-refractivity contribution in [2.75, 3.05) is 7.11 Å². The van der Waals surface area contributed by atoms with Crippen molar-refractivity contribution in [1.82, 2.24) is 0 Å². The van der Waals surface area contributed by atoms with Gasteiger partial charge in [-0.05, 0) is 36.5 Å². The Morgan fingerprint density at radius 1 is 1.19 bits per heavy atom. The van der Waals surface area contributed by atoms with E-state index in [-0.39, 0.29) is 5.41 Å². The standard InChI is InChI=1S/C14H22O2/c1-9-7-10(2)12(11(8-9)16-6)13(15)14(3,4)5/h7-8,13,15H,1-6H3. The molecule has 16 heavy (non-hydrogen) atoms. The third kappa shape index (κ3) is 2.56. The summed E-state index contributed by atoms with van der Waals surface area (Å²) in [5.74, 6) is 0.778. The lowest BCUT2D eigenvalue weighted by atomic mass is 9.82. The van der Waals surface area contributed by atoms with Gasteiger partial charge in [-0.1, -0.05) is 26.8 Å². The molecule has 1 rings (SSSR count). The fourth-order valence-electron chi connectivity index (χ4n) is 1.89. The molecule has 2 nitrogen and oxygen atoms in total. The van der Waals surface area contributed by atoms with Crippen LogP contribution in [0.1, 0.15) is 43.6 Å². The van der Waals surface area contributed by atoms with E-state index in [0.29, 0.717) is 0 Å². The molecule has 1 atom stereocenters. The lowest BCUT2D eigenvalue weighted by Crippen LogP contribution is -2.19. The maximum atomic E-state index is 10.4. The van der Waals surface area contributed by atoms with Gasteiger partial charge in [0.25, 0.3) is 0 Å². The van der Waals surface area contributed by atoms with Crippen molar-refractivity contribution < 1.29 is 9.84 Å². The third-order valence-electron chi connectivity index (χ3n) is 2.81. The second-order valence-electron chi connectivity index (χ2n) is 5.47. The van der Waals surface area contributed by atoms with Crippen LogP contribution < -0.4 is 4.74 Å². The van der Waals surface area contributed by atoms with E-state index in [1.54, 1.807) is 7.11 Å². The molecule has 0 bridgehead atoms. The Balaban J connectivity index is 3.32. The van der Waals surface area contributed by atoms with Crippen LogP contribution in [0.4, 0.5) is 0 Å². The molecule has 0 amide bonds. The predicted octanol–water partition coefficient (Wildman–Crippen LogP) is 3.39. The molecular formula is C14H22O2. The van der Waals surface area contributed by atoms with Crippen LogP contribution in [-0.2, 0) is 0 Å². The van der Waals surface area contributed by atoms with Crippen LogP contribution in [0.3, 0.4) is 0 Å². The fourth-order valence-corrected chi connectivity index (χ4v) is 1.89. The van der Waals surface area contributed by atoms with Gasteiger partial charge in [-0.3, -0.25) is 0 Å². The molecule has 0 spiro atoms. The van der Waals surface area contributed by atoms with Gasteiger partial charge in [-0.25, -0.2) is 0 Å². The van der Waals surface area contributed by atoms with Gasteiger partial charge < -0.3 is 9.84 Å². The van der Waals surface area contributed by atoms with Crippen molar-refractivity contribution in [3.05, 3.63) is 28.8 Å². The predicted molar refractivity (Wildman–Crippen MR) is 66.9 cm³/mol. The number of rotatable bonds is 2. The van der Waals surface area contributed by atoms with E-state index in [0.717, 1.165) is 22.4 Å². The molecule has 1 aromatic carbocycles. The van der Waals surface area contributed by atoms with E-state index in [1.165, 1.54) is 0 Å². The van der Waals surface area contributed by atoms with Crippen molar-refractivity contribution in [2.24, 2.45) is 5.41 Å². The van der Waals surface area contributed by atoms with Gasteiger partial charge in [-0.15, -0.1) is 0 Å². The monoisotopic (exact) mass is 222 g/mol. The van der Waals surface area contributed by atoms with Crippen LogP contribution in [0, 0.1) is 19.3 Å². The molecule has 0 saturated carbocycles. The van der Waals surface area contributed by atoms with Crippen LogP contribution in [0.25, 0.3) is 0 Å². The highest BCUT2D eigenvalue weighted by atomic mass is 16.5. The minimum Gasteiger partial charge on any atom is -0.496 e. The van der Waals surface area contributed by atoms with E-state index >= 15 is 0 Å². The Bertz CT molecular complexity index is 375. The molecule has 1 unspecified atom stereocenters. The Labute approximate surface area is 98.3 Å². The molecule has 1 N–H and O–H groups in total. The van der Waals surface area contributed by atoms with Gasteiger partial charge in [0.2, 0.25) is 0 Å². The van der Waals surface area contributed by atoms with Gasteiger partial charge in [0, 0.05) is 5.56 Å². The minimum absolute atomic E-state index is 0.187. The van der Waals surface area contributed by atoms with E-state index in [2.05, 4.69) is 6.07 Å². The molecule has 90 valence electrons. The fraction of sp³-hybridized carbons (Fsp3) is 0.571. The lowest BCUT2D eigenvalue weighted by molar-refractivity contribution is 0.0598. The smallest absolute Gasteiger partial charge is 0.125 e. The summed E-state index contributed by atoms with van der Waals surface area (Å²) in [6.45, 7) is 10.1. The zero-order valence-corrected chi connectivity index (χ0v) is 11.1. The molecule has 0 radical (unpaired) electrons. The summed E-state index contributed by atoms with van der Waals surface area (Å²) in [5, 5.41) is 10.4. The quantitative estimate of drug-likeness (QED) is 0.831. The zero-order valence-electron chi connectivity index (χ0n) is 11.1. The Morgan fingerprint density at radius 2 is 1.75 bits per heavy atom. The molecule has 0 aliphatic carbocycles. The summed E-state index contributed by atoms with van der Waals surface area (Å²) in [5.41, 5.74) is 2.95. The first kappa shape index (κ1) is 13.0. The molecule has 0 heterocycles. The molecule has 2 heteroatoms. The second kappa shape index (κ2) is 4.46. The van der Waals surface area contributed by atoms with Crippen LogP contribution in [0.2, 0.25) is 0 Å². The van der Waals surface area contributed by atoms with Crippen molar-refractivity contribution >= 4 is 0 Å². The van der Waals surface area contributed by atoms with Crippen LogP contribution in [0.5, 0.6) is 5.75 Å². The van der Waals surface area contributed by atoms with Crippen molar-refractivity contribution in [1.29, 1.82) is 0 Å². The van der Waals surface area contributed by atoms with Gasteiger partial charge in [0.05, 0.1) is 13.2 Å². The Kier molecular flexibility index (Phi) is 3.64. The maximum Gasteiger partial charge on any atom is 0.125 e. The van der Waals surface area contributed by atoms with Crippen LogP contribution >= 0.6 is 0 Å². The molecule has 0 aromatic heterocycles. The number of aliphatic hydroxyl groups is 1. The largest absolute Gasteiger partial charge is 0.496 e. The van der Waals surface area contributed by atoms with Gasteiger partial charge in [0.15, 0.2) is 0 Å². The first-order chi connectivity index (χ1) is 7.27. The topological polar surface area (TPSA) is 29.5 Å². The number of hydrogen-bond acceptors (Lipinski definition) is 2. The lowest BCUT2D eigenvalue weighted by Gasteiger charge is -2.29. The number of ether oxygens (including phenoxy) is 1. The first-order valence-electron chi connectivity index (χ1n) is 5.60. The molecule has 0 fully saturated rings. The van der Waals surface area contributed by atoms with Crippen molar-refractivity contribution in [2.45, 2.75) is 40.7 Å². The third-order valence-corrected chi connectivity index (χ3v) is 2.81. The summed E-state index contributed by atoms with van der Waals surface area (Å²) in [6.07, 6.45) is -0.511. The highest BCUT2D eigenvalue weighted by Gasteiger charge is 2.28. The van der Waals surface area contributed by atoms with E-state index in [1.807, 2.05) is 40.7 Å². The number of aliphatic hydroxyl groups excluding tert-OH is 1. The molecular weight excluding hydrogens is 200 g/mol. The molecule has 0 aliphatic heterocycles. The number of aryl methyl sites for hydroxylation is 2. The zero-order chi connectivity index (χ0) is 12.5. The highest BCUT2D eigenvalue weighted by Crippen LogP contribution is 2.39. The summed E-state index contributed by atoms with van der Waals surface area (Å²) in [7, 11) is 1.65. The van der Waals surface area contributed by atoms with Crippen molar-refractivity contribution in [3.8, 4) is 5.75 Å². The Hall–Kier alpha value is -1.02. The maximum absolute atomic E-state index is 10.4. The number of benzene rings is 1. The Morgan fingerprint density at radius 3 is 2.19 bits per heavy atom. The second-order valence-corrected chi connectivity index (χ2v) is 5.47. The molecule has 0 saturated heterocycles. The summed E-state index contributed by atoms with van der Waals surface area (Å²) >= 11 is 0. The van der Waals surface area contributed by atoms with E-state index in [4.69, 9.17) is 4.74 Å². The SMILES string of the molecule is COc1cc(C)cc(C)c1C(O)C(C)(C)C. The first-order valence-corrected chi connectivity index (χ1v) is 5.60. The van der Waals surface area contributed by atoms with Gasteiger partial charge >= 0.3 is 0 Å². The number of hydrogen-bond donors (Lipinski definition) is 1. The summed E-state index contributed by atoms with van der Waals surface area (Å²) < 4.78 is 5.36. The minimum atomic E-state index is -0.511. The van der Waals surface area contributed by atoms with Gasteiger partial charge in [0.1, 0.15) is 5.75 Å². The van der Waals surface area contributed by atoms with Gasteiger partial charge in [-0.2, -0.15) is 0 Å². The average molecular weight is 222 g/mol. The van der Waals surface area contributed by atoms with Crippen LogP contribution in [0.15, 0.2) is 12.1 Å². The average Bonchev–Trinajstić information content (AvgIpc) is 2.14. The number of methoxy groups -OCH3 is 1. The summed E-state index contributed by atoms with van der Waals surface area (Å²) in [4.78, 5) is 0. The highest BCUT2D eigenvalue weighted by molar-refractivity contribution is 5.45. The van der Waals surface area contributed by atoms with E-state index < -0.39 is 6.10 Å². The van der Waals surface area contributed by atoms with Crippen LogP contribution in [-0.4, -0.2) is 12.2 Å². The van der Waals surface area contributed by atoms with Crippen molar-refractivity contribution in [3.63, 3.8) is 0 Å². The summed E-state index contributed by atoms with van der Waals surface area (Å²) in [6, 6.07) is 4.05. The molecule has 1 aromatic rings. The van der Waals surface area contributed by atoms with E-state index in [9.17, 15) is 5.11 Å². The normalized spacial score (nSPS) is 13.7. The molecule has 0 aliphatic rings.